The van der Waals surface area contributed by atoms with Gasteiger partial charge in [0.15, 0.2) is 0 Å². The van der Waals surface area contributed by atoms with Crippen molar-refractivity contribution in [1.29, 1.82) is 0 Å². The first-order valence-electron chi connectivity index (χ1n) is 8.87. The molecule has 0 aliphatic heterocycles. The third kappa shape index (κ3) is 4.65. The normalized spacial score (nSPS) is 17.0. The van der Waals surface area contributed by atoms with Crippen molar-refractivity contribution in [1.82, 2.24) is 0 Å². The average Bonchev–Trinajstić information content (AvgIpc) is 2.69. The molecular weight excluding hydrogens is 408 g/mol. The minimum absolute atomic E-state index is 0.236. The fourth-order valence-electron chi connectivity index (χ4n) is 4.33. The van der Waals surface area contributed by atoms with Crippen LogP contribution in [0.15, 0.2) is 0 Å². The largest absolute Gasteiger partial charge is 0.504 e. The molecule has 0 aromatic carbocycles. The van der Waals surface area contributed by atoms with E-state index in [1.807, 2.05) is 0 Å². The van der Waals surface area contributed by atoms with Crippen LogP contribution in [0.5, 0.6) is 0 Å². The first-order valence-corrected chi connectivity index (χ1v) is 12.5. The van der Waals surface area contributed by atoms with Crippen molar-refractivity contribution in [3.8, 4) is 0 Å². The van der Waals surface area contributed by atoms with Crippen LogP contribution in [0.25, 0.3) is 0 Å². The molecule has 12 heteroatoms. The van der Waals surface area contributed by atoms with Crippen molar-refractivity contribution in [2.45, 2.75) is 44.2 Å². The van der Waals surface area contributed by atoms with E-state index in [9.17, 15) is 19.8 Å². The van der Waals surface area contributed by atoms with Gasteiger partial charge in [0.25, 0.3) is 0 Å². The first-order chi connectivity index (χ1) is 13.1. The molecule has 0 saturated heterocycles. The van der Waals surface area contributed by atoms with Crippen LogP contribution in [0.4, 0.5) is 0 Å². The lowest BCUT2D eigenvalue weighted by molar-refractivity contribution is -0.159. The third-order valence-electron chi connectivity index (χ3n) is 5.46. The summed E-state index contributed by atoms with van der Waals surface area (Å²) in [7, 11) is 0.996. The van der Waals surface area contributed by atoms with Gasteiger partial charge in [0.1, 0.15) is 0 Å². The van der Waals surface area contributed by atoms with Gasteiger partial charge in [-0.25, -0.2) is 0 Å². The van der Waals surface area contributed by atoms with Gasteiger partial charge in [0.2, 0.25) is 0 Å². The average molecular weight is 443 g/mol. The maximum absolute atomic E-state index is 12.8. The van der Waals surface area contributed by atoms with Gasteiger partial charge in [-0.2, -0.15) is 0 Å². The Morgan fingerprint density at radius 3 is 1.18 bits per heavy atom. The summed E-state index contributed by atoms with van der Waals surface area (Å²) in [5.74, 6) is -2.60. The van der Waals surface area contributed by atoms with Crippen molar-refractivity contribution < 1.29 is 46.4 Å². The number of aliphatic carboxylic acids is 2. The van der Waals surface area contributed by atoms with E-state index in [0.717, 1.165) is 0 Å². The Labute approximate surface area is 168 Å². The molecule has 0 fully saturated rings. The fraction of sp³-hybridized carbons (Fsp3) is 0.875. The summed E-state index contributed by atoms with van der Waals surface area (Å²) in [5, 5.41) is 20.1. The summed E-state index contributed by atoms with van der Waals surface area (Å²) < 4.78 is 33.4. The molecule has 10 nitrogen and oxygen atoms in total. The molecule has 2 atom stereocenters. The summed E-state index contributed by atoms with van der Waals surface area (Å²) in [5.41, 5.74) is -3.67. The molecule has 28 heavy (non-hydrogen) atoms. The number of carboxylic acid groups (broad SMARTS) is 2. The highest BCUT2D eigenvalue weighted by Crippen LogP contribution is 2.57. The van der Waals surface area contributed by atoms with Gasteiger partial charge in [-0.05, 0) is 12.8 Å². The van der Waals surface area contributed by atoms with Gasteiger partial charge in [-0.15, -0.1) is 0 Å². The van der Waals surface area contributed by atoms with Crippen LogP contribution < -0.4 is 0 Å². The van der Waals surface area contributed by atoms with E-state index in [1.165, 1.54) is 42.7 Å². The molecule has 2 N–H and O–H groups in total. The van der Waals surface area contributed by atoms with E-state index < -0.39 is 52.5 Å². The molecule has 0 aliphatic rings. The third-order valence-corrected chi connectivity index (χ3v) is 12.4. The molecule has 0 aromatic rings. The van der Waals surface area contributed by atoms with E-state index in [4.69, 9.17) is 26.6 Å². The molecule has 0 saturated carbocycles. The van der Waals surface area contributed by atoms with E-state index in [-0.39, 0.29) is 12.8 Å². The zero-order valence-corrected chi connectivity index (χ0v) is 19.9. The second-order valence-corrected chi connectivity index (χ2v) is 12.5. The lowest BCUT2D eigenvalue weighted by Crippen LogP contribution is -2.63. The predicted octanol–water partition coefficient (Wildman–Crippen LogP) is 1.85. The number of carbonyl (C=O) groups is 2. The zero-order chi connectivity index (χ0) is 22.2. The molecule has 0 aromatic heterocycles. The highest BCUT2D eigenvalue weighted by molar-refractivity contribution is 6.65. The summed E-state index contributed by atoms with van der Waals surface area (Å²) >= 11 is 0. The SMILES string of the molecule is CCC(C(CC(=O)O)(C(=O)O)C(CC)[Si](OC)(OC)OC)[Si](OC)(OC)OC. The zero-order valence-electron chi connectivity index (χ0n) is 17.9. The maximum atomic E-state index is 12.8. The van der Waals surface area contributed by atoms with E-state index in [0.29, 0.717) is 0 Å². The highest BCUT2D eigenvalue weighted by atomic mass is 28.4. The van der Waals surface area contributed by atoms with Gasteiger partial charge >= 0.3 is 29.5 Å². The lowest BCUT2D eigenvalue weighted by Gasteiger charge is -2.49. The van der Waals surface area contributed by atoms with Gasteiger partial charge < -0.3 is 36.8 Å². The predicted molar refractivity (Wildman–Crippen MR) is 104 cm³/mol. The number of rotatable bonds is 15. The Hall–Kier alpha value is -0.866. The molecule has 0 rings (SSSR count). The highest BCUT2D eigenvalue weighted by Gasteiger charge is 2.69. The van der Waals surface area contributed by atoms with Crippen LogP contribution in [-0.4, -0.2) is 82.4 Å². The van der Waals surface area contributed by atoms with Crippen LogP contribution in [0.3, 0.4) is 0 Å². The smallest absolute Gasteiger partial charge is 0.481 e. The van der Waals surface area contributed by atoms with Gasteiger partial charge in [0.05, 0.1) is 11.8 Å². The van der Waals surface area contributed by atoms with Crippen molar-refractivity contribution in [3.05, 3.63) is 0 Å². The quantitative estimate of drug-likeness (QED) is 0.362. The Kier molecular flexibility index (Phi) is 11.0. The van der Waals surface area contributed by atoms with E-state index in [1.54, 1.807) is 13.8 Å². The molecule has 166 valence electrons. The van der Waals surface area contributed by atoms with Crippen molar-refractivity contribution in [2.24, 2.45) is 5.41 Å². The molecule has 0 spiro atoms. The minimum Gasteiger partial charge on any atom is -0.481 e. The summed E-state index contributed by atoms with van der Waals surface area (Å²) in [6.45, 7) is 3.48. The minimum atomic E-state index is -3.60. The Morgan fingerprint density at radius 2 is 1.04 bits per heavy atom. The molecule has 0 radical (unpaired) electrons. The number of hydrogen-bond donors (Lipinski definition) is 2. The fourth-order valence-corrected chi connectivity index (χ4v) is 10.3. The van der Waals surface area contributed by atoms with Crippen LogP contribution in [0, 0.1) is 5.41 Å². The van der Waals surface area contributed by atoms with E-state index in [2.05, 4.69) is 0 Å². The van der Waals surface area contributed by atoms with Gasteiger partial charge in [0, 0.05) is 53.7 Å². The molecule has 0 amide bonds. The van der Waals surface area contributed by atoms with Crippen LogP contribution >= 0.6 is 0 Å². The monoisotopic (exact) mass is 442 g/mol. The van der Waals surface area contributed by atoms with Gasteiger partial charge in [-0.3, -0.25) is 9.59 Å². The summed E-state index contributed by atoms with van der Waals surface area (Å²) in [6, 6.07) is 0. The molecule has 0 aliphatic carbocycles. The van der Waals surface area contributed by atoms with Crippen LogP contribution in [-0.2, 0) is 36.1 Å². The van der Waals surface area contributed by atoms with Crippen LogP contribution in [0.1, 0.15) is 33.1 Å². The Morgan fingerprint density at radius 1 is 0.750 bits per heavy atom. The lowest BCUT2D eigenvalue weighted by atomic mass is 9.75. The standard InChI is InChI=1S/C16H34O10Si2/c1-9-12(27(21-3,22-4)23-5)16(15(19)20,11-14(17)18)13(10-2)28(24-6,25-7)26-8/h12-13H,9-11H2,1-8H3,(H,17,18)(H,19,20). The van der Waals surface area contributed by atoms with Crippen LogP contribution in [0.2, 0.25) is 11.1 Å². The second kappa shape index (κ2) is 11.4. The molecule has 2 unspecified atom stereocenters. The first kappa shape index (κ1) is 27.1. The Bertz CT molecular complexity index is 463. The Balaban J connectivity index is 7.13. The second-order valence-electron chi connectivity index (χ2n) is 6.27. The van der Waals surface area contributed by atoms with Crippen molar-refractivity contribution >= 4 is 29.5 Å². The summed E-state index contributed by atoms with van der Waals surface area (Å²) in [6.07, 6.45) is -0.228. The summed E-state index contributed by atoms with van der Waals surface area (Å²) in [4.78, 5) is 24.7. The van der Waals surface area contributed by atoms with Gasteiger partial charge in [-0.1, -0.05) is 13.8 Å². The number of hydrogen-bond acceptors (Lipinski definition) is 8. The van der Waals surface area contributed by atoms with Crippen molar-refractivity contribution in [2.75, 3.05) is 42.7 Å². The van der Waals surface area contributed by atoms with E-state index >= 15 is 0 Å². The molecule has 0 heterocycles. The maximum Gasteiger partial charge on any atom is 0.504 e. The topological polar surface area (TPSA) is 130 Å². The molecular formula is C16H34O10Si2. The van der Waals surface area contributed by atoms with Crippen molar-refractivity contribution in [3.63, 3.8) is 0 Å². The number of carboxylic acids is 2. The molecule has 0 bridgehead atoms.